The van der Waals surface area contributed by atoms with E-state index in [4.69, 9.17) is 9.47 Å². The van der Waals surface area contributed by atoms with Gasteiger partial charge in [0, 0.05) is 30.9 Å². The number of pyridine rings is 1. The van der Waals surface area contributed by atoms with Crippen LogP contribution in [0.25, 0.3) is 0 Å². The molecule has 0 saturated carbocycles. The van der Waals surface area contributed by atoms with Crippen LogP contribution in [-0.4, -0.2) is 43.8 Å². The Kier molecular flexibility index (Phi) is 7.45. The topological polar surface area (TPSA) is 97.8 Å². The molecule has 0 spiro atoms. The fourth-order valence-electron chi connectivity index (χ4n) is 3.04. The Morgan fingerprint density at radius 3 is 2.41 bits per heavy atom. The lowest BCUT2D eigenvalue weighted by Crippen LogP contribution is -2.30. The average molecular weight is 456 g/mol. The number of carbonyl (C=O) groups excluding carboxylic acids is 1. The van der Waals surface area contributed by atoms with Crippen molar-refractivity contribution in [3.8, 4) is 17.4 Å². The molecular formula is C23H25N3O5S. The molecule has 0 saturated heterocycles. The number of aromatic nitrogens is 1. The molecule has 8 nitrogen and oxygen atoms in total. The first-order valence-electron chi connectivity index (χ1n) is 10.1. The summed E-state index contributed by atoms with van der Waals surface area (Å²) in [6.45, 7) is 4.21. The number of rotatable bonds is 9. The number of amides is 1. The summed E-state index contributed by atoms with van der Waals surface area (Å²) in [5.41, 5.74) is 0.530. The van der Waals surface area contributed by atoms with Gasteiger partial charge in [0.1, 0.15) is 5.75 Å². The van der Waals surface area contributed by atoms with Crippen molar-refractivity contribution in [3.05, 3.63) is 72.4 Å². The number of nitrogens with zero attached hydrogens (tertiary/aromatic N) is 2. The van der Waals surface area contributed by atoms with E-state index in [0.717, 1.165) is 0 Å². The molecule has 0 radical (unpaired) electrons. The van der Waals surface area contributed by atoms with Crippen LogP contribution in [0.4, 0.5) is 5.69 Å². The van der Waals surface area contributed by atoms with Crippen LogP contribution in [-0.2, 0) is 10.0 Å². The van der Waals surface area contributed by atoms with Crippen molar-refractivity contribution in [1.29, 1.82) is 0 Å². The quantitative estimate of drug-likeness (QED) is 0.520. The average Bonchev–Trinajstić information content (AvgIpc) is 2.81. The van der Waals surface area contributed by atoms with Crippen molar-refractivity contribution < 1.29 is 22.7 Å². The molecule has 32 heavy (non-hydrogen) atoms. The van der Waals surface area contributed by atoms with Gasteiger partial charge >= 0.3 is 0 Å². The second-order valence-corrected chi connectivity index (χ2v) is 8.64. The number of anilines is 1. The van der Waals surface area contributed by atoms with Crippen LogP contribution in [0, 0.1) is 0 Å². The van der Waals surface area contributed by atoms with Gasteiger partial charge in [-0.25, -0.2) is 13.4 Å². The largest absolute Gasteiger partial charge is 0.481 e. The molecule has 0 aliphatic rings. The molecule has 0 atom stereocenters. The van der Waals surface area contributed by atoms with Crippen LogP contribution in [0.3, 0.4) is 0 Å². The normalized spacial score (nSPS) is 11.2. The van der Waals surface area contributed by atoms with E-state index in [1.165, 1.54) is 47.9 Å². The van der Waals surface area contributed by atoms with E-state index >= 15 is 0 Å². The second-order valence-electron chi connectivity index (χ2n) is 6.70. The number of ether oxygens (including phenoxy) is 2. The number of methoxy groups -OCH3 is 1. The maximum Gasteiger partial charge on any atom is 0.256 e. The highest BCUT2D eigenvalue weighted by molar-refractivity contribution is 7.89. The van der Waals surface area contributed by atoms with E-state index in [0.29, 0.717) is 30.2 Å². The Hall–Kier alpha value is -3.43. The molecule has 0 fully saturated rings. The molecule has 3 rings (SSSR count). The van der Waals surface area contributed by atoms with Crippen molar-refractivity contribution in [3.63, 3.8) is 0 Å². The first-order valence-corrected chi connectivity index (χ1v) is 11.5. The van der Waals surface area contributed by atoms with Gasteiger partial charge in [0.05, 0.1) is 17.7 Å². The smallest absolute Gasteiger partial charge is 0.256 e. The number of para-hydroxylation sites is 1. The fourth-order valence-corrected chi connectivity index (χ4v) is 4.53. The molecule has 0 aliphatic heterocycles. The summed E-state index contributed by atoms with van der Waals surface area (Å²) >= 11 is 0. The Bertz CT molecular complexity index is 1180. The number of hydrogen-bond donors (Lipinski definition) is 1. The number of hydrogen-bond acceptors (Lipinski definition) is 6. The van der Waals surface area contributed by atoms with E-state index in [1.54, 1.807) is 26.0 Å². The summed E-state index contributed by atoms with van der Waals surface area (Å²) in [4.78, 5) is 16.9. The summed E-state index contributed by atoms with van der Waals surface area (Å²) in [6, 6.07) is 16.4. The van der Waals surface area contributed by atoms with Crippen LogP contribution in [0.15, 0.2) is 71.8 Å². The molecule has 0 aliphatic carbocycles. The predicted molar refractivity (Wildman–Crippen MR) is 122 cm³/mol. The van der Waals surface area contributed by atoms with Crippen LogP contribution in [0.5, 0.6) is 17.4 Å². The Balaban J connectivity index is 2.01. The molecule has 3 aromatic rings. The lowest BCUT2D eigenvalue weighted by Gasteiger charge is -2.20. The Labute approximate surface area is 187 Å². The predicted octanol–water partition coefficient (Wildman–Crippen LogP) is 4.17. The zero-order chi connectivity index (χ0) is 23.1. The summed E-state index contributed by atoms with van der Waals surface area (Å²) in [7, 11) is -2.27. The minimum absolute atomic E-state index is 0.0595. The highest BCUT2D eigenvalue weighted by Gasteiger charge is 2.24. The molecule has 0 unspecified atom stereocenters. The van der Waals surface area contributed by atoms with Gasteiger partial charge in [-0.05, 0) is 36.4 Å². The first kappa shape index (κ1) is 23.2. The van der Waals surface area contributed by atoms with Crippen molar-refractivity contribution in [2.24, 2.45) is 0 Å². The zero-order valence-corrected chi connectivity index (χ0v) is 18.9. The Morgan fingerprint density at radius 2 is 1.75 bits per heavy atom. The molecule has 9 heteroatoms. The lowest BCUT2D eigenvalue weighted by molar-refractivity contribution is 0.102. The van der Waals surface area contributed by atoms with Crippen LogP contribution in [0.2, 0.25) is 0 Å². The van der Waals surface area contributed by atoms with Gasteiger partial charge in [0.2, 0.25) is 15.9 Å². The highest BCUT2D eigenvalue weighted by atomic mass is 32.2. The molecule has 168 valence electrons. The molecular weight excluding hydrogens is 430 g/mol. The van der Waals surface area contributed by atoms with E-state index in [-0.39, 0.29) is 16.5 Å². The van der Waals surface area contributed by atoms with Crippen molar-refractivity contribution in [2.45, 2.75) is 18.7 Å². The minimum atomic E-state index is -3.73. The highest BCUT2D eigenvalue weighted by Crippen LogP contribution is 2.33. The van der Waals surface area contributed by atoms with Crippen LogP contribution >= 0.6 is 0 Å². The lowest BCUT2D eigenvalue weighted by atomic mass is 10.2. The van der Waals surface area contributed by atoms with Gasteiger partial charge in [0.25, 0.3) is 5.91 Å². The van der Waals surface area contributed by atoms with Gasteiger partial charge in [-0.15, -0.1) is 0 Å². The van der Waals surface area contributed by atoms with Crippen molar-refractivity contribution >= 4 is 21.6 Å². The van der Waals surface area contributed by atoms with Crippen molar-refractivity contribution in [2.75, 3.05) is 25.5 Å². The third-order valence-electron chi connectivity index (χ3n) is 4.72. The number of benzene rings is 2. The van der Waals surface area contributed by atoms with Crippen molar-refractivity contribution in [1.82, 2.24) is 9.29 Å². The minimum Gasteiger partial charge on any atom is -0.481 e. The van der Waals surface area contributed by atoms with Gasteiger partial charge in [-0.3, -0.25) is 4.79 Å². The summed E-state index contributed by atoms with van der Waals surface area (Å²) in [6.07, 6.45) is 1.45. The summed E-state index contributed by atoms with van der Waals surface area (Å²) in [5.74, 6) is 0.689. The van der Waals surface area contributed by atoms with Gasteiger partial charge in [0.15, 0.2) is 5.75 Å². The van der Waals surface area contributed by atoms with E-state index < -0.39 is 15.9 Å². The summed E-state index contributed by atoms with van der Waals surface area (Å²) in [5, 5.41) is 2.76. The monoisotopic (exact) mass is 455 g/mol. The maximum atomic E-state index is 13.0. The molecule has 1 N–H and O–H groups in total. The molecule has 1 amide bonds. The third-order valence-corrected chi connectivity index (χ3v) is 6.77. The molecule has 0 bridgehead atoms. The van der Waals surface area contributed by atoms with E-state index in [9.17, 15) is 13.2 Å². The van der Waals surface area contributed by atoms with Gasteiger partial charge in [-0.1, -0.05) is 32.0 Å². The van der Waals surface area contributed by atoms with Crippen LogP contribution < -0.4 is 14.8 Å². The first-order chi connectivity index (χ1) is 15.4. The van der Waals surface area contributed by atoms with Crippen LogP contribution in [0.1, 0.15) is 24.2 Å². The third kappa shape index (κ3) is 5.24. The van der Waals surface area contributed by atoms with Gasteiger partial charge in [-0.2, -0.15) is 4.31 Å². The molecule has 1 heterocycles. The maximum absolute atomic E-state index is 13.0. The SMILES string of the molecule is CCN(CC)S(=O)(=O)c1ccc(Oc2ccccc2)c(NC(=O)c2ccnc(OC)c2)c1. The molecule has 2 aromatic carbocycles. The fraction of sp³-hybridized carbons (Fsp3) is 0.217. The summed E-state index contributed by atoms with van der Waals surface area (Å²) < 4.78 is 38.3. The number of carbonyl (C=O) groups is 1. The Morgan fingerprint density at radius 1 is 1.03 bits per heavy atom. The number of sulfonamides is 1. The zero-order valence-electron chi connectivity index (χ0n) is 18.1. The van der Waals surface area contributed by atoms with E-state index in [1.807, 2.05) is 18.2 Å². The van der Waals surface area contributed by atoms with Gasteiger partial charge < -0.3 is 14.8 Å². The number of nitrogens with one attached hydrogen (secondary N) is 1. The molecule has 1 aromatic heterocycles. The van der Waals surface area contributed by atoms with E-state index in [2.05, 4.69) is 10.3 Å². The second kappa shape index (κ2) is 10.3. The standard InChI is InChI=1S/C23H25N3O5S/c1-4-26(5-2)32(28,29)19-11-12-21(31-18-9-7-6-8-10-18)20(16-19)25-23(27)17-13-14-24-22(15-17)30-3/h6-16H,4-5H2,1-3H3,(H,25,27).